The summed E-state index contributed by atoms with van der Waals surface area (Å²) >= 11 is 0. The molecule has 0 bridgehead atoms. The number of pyridine rings is 1. The number of carboxylic acids is 1. The number of nitrogens with zero attached hydrogens (tertiary/aromatic N) is 3. The van der Waals surface area contributed by atoms with E-state index in [9.17, 15) is 14.7 Å². The minimum atomic E-state index is -1.09. The lowest BCUT2D eigenvalue weighted by Crippen LogP contribution is -2.16. The summed E-state index contributed by atoms with van der Waals surface area (Å²) in [6, 6.07) is 6.06. The van der Waals surface area contributed by atoms with E-state index in [-0.39, 0.29) is 17.6 Å². The van der Waals surface area contributed by atoms with E-state index in [4.69, 9.17) is 4.74 Å². The first-order valence-corrected chi connectivity index (χ1v) is 8.83. The quantitative estimate of drug-likeness (QED) is 0.701. The summed E-state index contributed by atoms with van der Waals surface area (Å²) in [5.74, 6) is -1.07. The molecule has 0 spiro atoms. The van der Waals surface area contributed by atoms with E-state index >= 15 is 0 Å². The molecule has 2 heterocycles. The molecule has 3 rings (SSSR count). The van der Waals surface area contributed by atoms with Crippen molar-refractivity contribution in [3.8, 4) is 5.75 Å². The SMILES string of the molecule is Cc1cc(C(=O)Nc2cc(C(=O)O)ccc2OC(C)C)c2c(C)nn(C)c2n1. The van der Waals surface area contributed by atoms with E-state index in [1.807, 2.05) is 20.8 Å². The predicted molar refractivity (Wildman–Crippen MR) is 105 cm³/mol. The Bertz CT molecular complexity index is 1090. The zero-order valence-electron chi connectivity index (χ0n) is 16.4. The number of aryl methyl sites for hydroxylation is 3. The Kier molecular flexibility index (Phi) is 5.04. The number of hydrogen-bond acceptors (Lipinski definition) is 5. The molecule has 8 nitrogen and oxygen atoms in total. The molecule has 146 valence electrons. The fourth-order valence-electron chi connectivity index (χ4n) is 3.06. The van der Waals surface area contributed by atoms with Crippen LogP contribution in [-0.4, -0.2) is 37.9 Å². The Labute approximate surface area is 162 Å². The van der Waals surface area contributed by atoms with Crippen molar-refractivity contribution in [2.24, 2.45) is 7.05 Å². The average Bonchev–Trinajstić information content (AvgIpc) is 2.89. The van der Waals surface area contributed by atoms with E-state index in [1.54, 1.807) is 30.8 Å². The van der Waals surface area contributed by atoms with Crippen molar-refractivity contribution in [2.75, 3.05) is 5.32 Å². The highest BCUT2D eigenvalue weighted by atomic mass is 16.5. The van der Waals surface area contributed by atoms with Crippen LogP contribution >= 0.6 is 0 Å². The van der Waals surface area contributed by atoms with Crippen molar-refractivity contribution in [1.82, 2.24) is 14.8 Å². The lowest BCUT2D eigenvalue weighted by atomic mass is 10.1. The third kappa shape index (κ3) is 3.66. The van der Waals surface area contributed by atoms with Crippen molar-refractivity contribution in [3.63, 3.8) is 0 Å². The van der Waals surface area contributed by atoms with E-state index in [1.165, 1.54) is 12.1 Å². The number of carboxylic acid groups (broad SMARTS) is 1. The Morgan fingerprint density at radius 3 is 2.57 bits per heavy atom. The molecule has 1 aromatic carbocycles. The van der Waals surface area contributed by atoms with Gasteiger partial charge in [0.2, 0.25) is 0 Å². The molecule has 0 unspecified atom stereocenters. The Morgan fingerprint density at radius 1 is 1.21 bits per heavy atom. The van der Waals surface area contributed by atoms with Gasteiger partial charge in [0.1, 0.15) is 5.75 Å². The molecule has 3 aromatic rings. The van der Waals surface area contributed by atoms with Crippen LogP contribution in [0.4, 0.5) is 5.69 Å². The molecule has 1 amide bonds. The molecule has 0 aliphatic rings. The minimum absolute atomic E-state index is 0.0556. The number of carbonyl (C=O) groups excluding carboxylic acids is 1. The highest BCUT2D eigenvalue weighted by Gasteiger charge is 2.20. The molecule has 0 radical (unpaired) electrons. The zero-order valence-corrected chi connectivity index (χ0v) is 16.4. The fourth-order valence-corrected chi connectivity index (χ4v) is 3.06. The molecule has 8 heteroatoms. The van der Waals surface area contributed by atoms with Gasteiger partial charge in [-0.25, -0.2) is 9.78 Å². The maximum Gasteiger partial charge on any atom is 0.335 e. The first kappa shape index (κ1) is 19.3. The largest absolute Gasteiger partial charge is 0.489 e. The number of anilines is 1. The Hall–Kier alpha value is -3.42. The summed E-state index contributed by atoms with van der Waals surface area (Å²) in [6.45, 7) is 7.32. The van der Waals surface area contributed by atoms with Crippen molar-refractivity contribution in [3.05, 3.63) is 46.8 Å². The van der Waals surface area contributed by atoms with Gasteiger partial charge in [-0.1, -0.05) is 0 Å². The monoisotopic (exact) mass is 382 g/mol. The molecule has 0 aliphatic carbocycles. The van der Waals surface area contributed by atoms with Gasteiger partial charge < -0.3 is 15.2 Å². The van der Waals surface area contributed by atoms with Crippen molar-refractivity contribution in [1.29, 1.82) is 0 Å². The second-order valence-electron chi connectivity index (χ2n) is 6.86. The molecular formula is C20H22N4O4. The van der Waals surface area contributed by atoms with E-state index in [0.717, 1.165) is 0 Å². The summed E-state index contributed by atoms with van der Waals surface area (Å²) < 4.78 is 7.35. The van der Waals surface area contributed by atoms with Gasteiger partial charge in [-0.2, -0.15) is 5.10 Å². The third-order valence-electron chi connectivity index (χ3n) is 4.18. The number of aromatic carboxylic acids is 1. The van der Waals surface area contributed by atoms with Gasteiger partial charge >= 0.3 is 5.97 Å². The number of aromatic nitrogens is 3. The second-order valence-corrected chi connectivity index (χ2v) is 6.86. The summed E-state index contributed by atoms with van der Waals surface area (Å²) in [5.41, 5.74) is 2.75. The van der Waals surface area contributed by atoms with Crippen molar-refractivity contribution < 1.29 is 19.4 Å². The highest BCUT2D eigenvalue weighted by molar-refractivity contribution is 6.13. The fraction of sp³-hybridized carbons (Fsp3) is 0.300. The number of ether oxygens (including phenoxy) is 1. The van der Waals surface area contributed by atoms with Gasteiger partial charge in [-0.15, -0.1) is 0 Å². The third-order valence-corrected chi connectivity index (χ3v) is 4.18. The number of hydrogen-bond donors (Lipinski definition) is 2. The summed E-state index contributed by atoms with van der Waals surface area (Å²) in [4.78, 5) is 28.9. The molecule has 2 N–H and O–H groups in total. The number of fused-ring (bicyclic) bond motifs is 1. The summed E-state index contributed by atoms with van der Waals surface area (Å²) in [6.07, 6.45) is -0.137. The lowest BCUT2D eigenvalue weighted by Gasteiger charge is -2.16. The van der Waals surface area contributed by atoms with E-state index in [0.29, 0.717) is 39.4 Å². The van der Waals surface area contributed by atoms with Crippen LogP contribution in [-0.2, 0) is 7.05 Å². The first-order chi connectivity index (χ1) is 13.2. The molecule has 28 heavy (non-hydrogen) atoms. The van der Waals surface area contributed by atoms with Crippen molar-refractivity contribution in [2.45, 2.75) is 33.8 Å². The van der Waals surface area contributed by atoms with Gasteiger partial charge in [0, 0.05) is 12.7 Å². The number of nitrogens with one attached hydrogen (secondary N) is 1. The zero-order chi connectivity index (χ0) is 20.6. The van der Waals surface area contributed by atoms with E-state index < -0.39 is 5.97 Å². The lowest BCUT2D eigenvalue weighted by molar-refractivity contribution is 0.0696. The second kappa shape index (κ2) is 7.30. The number of carbonyl (C=O) groups is 2. The average molecular weight is 382 g/mol. The van der Waals surface area contributed by atoms with Crippen LogP contribution in [0.15, 0.2) is 24.3 Å². The number of rotatable bonds is 5. The van der Waals surface area contributed by atoms with Crippen LogP contribution in [0.2, 0.25) is 0 Å². The Morgan fingerprint density at radius 2 is 1.93 bits per heavy atom. The number of amides is 1. The van der Waals surface area contributed by atoms with E-state index in [2.05, 4.69) is 15.4 Å². The van der Waals surface area contributed by atoms with Crippen LogP contribution < -0.4 is 10.1 Å². The van der Waals surface area contributed by atoms with Gasteiger partial charge in [0.05, 0.1) is 34.0 Å². The van der Waals surface area contributed by atoms with Crippen LogP contribution in [0.1, 0.15) is 46.0 Å². The molecule has 2 aromatic heterocycles. The normalized spacial score (nSPS) is 11.1. The van der Waals surface area contributed by atoms with Crippen LogP contribution in [0.5, 0.6) is 5.75 Å². The van der Waals surface area contributed by atoms with Crippen LogP contribution in [0.25, 0.3) is 11.0 Å². The van der Waals surface area contributed by atoms with Crippen LogP contribution in [0, 0.1) is 13.8 Å². The van der Waals surface area contributed by atoms with Gasteiger partial charge in [0.15, 0.2) is 5.65 Å². The van der Waals surface area contributed by atoms with Crippen LogP contribution in [0.3, 0.4) is 0 Å². The molecule has 0 saturated carbocycles. The topological polar surface area (TPSA) is 106 Å². The molecule has 0 saturated heterocycles. The maximum atomic E-state index is 13.1. The van der Waals surface area contributed by atoms with Gasteiger partial charge in [0.25, 0.3) is 5.91 Å². The Balaban J connectivity index is 2.07. The van der Waals surface area contributed by atoms with Gasteiger partial charge in [-0.05, 0) is 52.0 Å². The predicted octanol–water partition coefficient (Wildman–Crippen LogP) is 3.32. The van der Waals surface area contributed by atoms with Gasteiger partial charge in [-0.3, -0.25) is 9.48 Å². The number of benzene rings is 1. The minimum Gasteiger partial charge on any atom is -0.489 e. The molecule has 0 atom stereocenters. The summed E-state index contributed by atoms with van der Waals surface area (Å²) in [5, 5.41) is 17.1. The highest BCUT2D eigenvalue weighted by Crippen LogP contribution is 2.29. The summed E-state index contributed by atoms with van der Waals surface area (Å²) in [7, 11) is 1.77. The standard InChI is InChI=1S/C20H22N4O4/c1-10(2)28-16-7-6-13(20(26)27)9-15(16)22-19(25)14-8-11(3)21-18-17(14)12(4)23-24(18)5/h6-10H,1-5H3,(H,22,25)(H,26,27). The molecule has 0 fully saturated rings. The van der Waals surface area contributed by atoms with Crippen molar-refractivity contribution >= 4 is 28.6 Å². The smallest absolute Gasteiger partial charge is 0.335 e. The first-order valence-electron chi connectivity index (χ1n) is 8.83. The molecular weight excluding hydrogens is 360 g/mol. The molecule has 0 aliphatic heterocycles. The maximum absolute atomic E-state index is 13.1.